The van der Waals surface area contributed by atoms with E-state index in [9.17, 15) is 13.2 Å². The topological polar surface area (TPSA) is 0 Å². The minimum atomic E-state index is -0.764. The number of hydrogen-bond acceptors (Lipinski definition) is 0. The highest BCUT2D eigenvalue weighted by molar-refractivity contribution is 5.22. The van der Waals surface area contributed by atoms with Gasteiger partial charge in [0.2, 0.25) is 0 Å². The number of halogens is 3. The smallest absolute Gasteiger partial charge is 0.157 e. The molecule has 0 aliphatic carbocycles. The van der Waals surface area contributed by atoms with E-state index in [1.807, 2.05) is 13.8 Å². The van der Waals surface area contributed by atoms with Crippen LogP contribution < -0.4 is 0 Å². The maximum Gasteiger partial charge on any atom is 0.157 e. The molecule has 0 radical (unpaired) electrons. The van der Waals surface area contributed by atoms with Crippen molar-refractivity contribution in [2.24, 2.45) is 0 Å². The standard InChI is InChI=1S/C8H12F2.C2H6.CH3F/c1-4-6(3)8(10)7(9)5-2;2*1-2/h5H,4H2,1-3H3;1-2H3;1H3/b7-5+,8-6-;;. The van der Waals surface area contributed by atoms with Crippen LogP contribution in [0.5, 0.6) is 0 Å². The Kier molecular flexibility index (Phi) is 20.0. The summed E-state index contributed by atoms with van der Waals surface area (Å²) in [7, 11) is 0.500. The second kappa shape index (κ2) is 14.8. The zero-order chi connectivity index (χ0) is 12.1. The molecule has 0 aromatic rings. The number of alkyl halides is 1. The average Bonchev–Trinajstić information content (AvgIpc) is 2.31. The maximum absolute atomic E-state index is 12.6. The lowest BCUT2D eigenvalue weighted by Crippen LogP contribution is -1.81. The van der Waals surface area contributed by atoms with Crippen LogP contribution in [0.3, 0.4) is 0 Å². The lowest BCUT2D eigenvalue weighted by molar-refractivity contribution is 0.533. The van der Waals surface area contributed by atoms with Gasteiger partial charge in [-0.3, -0.25) is 4.39 Å². The van der Waals surface area contributed by atoms with Gasteiger partial charge >= 0.3 is 0 Å². The average molecular weight is 210 g/mol. The summed E-state index contributed by atoms with van der Waals surface area (Å²) >= 11 is 0. The Balaban J connectivity index is -0.000000266. The molecule has 0 saturated heterocycles. The molecule has 0 amide bonds. The van der Waals surface area contributed by atoms with Crippen molar-refractivity contribution in [3.05, 3.63) is 23.3 Å². The van der Waals surface area contributed by atoms with Crippen LogP contribution in [-0.2, 0) is 0 Å². The zero-order valence-electron chi connectivity index (χ0n) is 9.92. The van der Waals surface area contributed by atoms with Crippen molar-refractivity contribution in [1.29, 1.82) is 0 Å². The molecule has 0 nitrogen and oxygen atoms in total. The molecular formula is C11H21F3. The van der Waals surface area contributed by atoms with Crippen LogP contribution in [0.15, 0.2) is 23.3 Å². The van der Waals surface area contributed by atoms with E-state index in [1.54, 1.807) is 13.8 Å². The summed E-state index contributed by atoms with van der Waals surface area (Å²) in [6.45, 7) is 8.84. The largest absolute Gasteiger partial charge is 0.255 e. The summed E-state index contributed by atoms with van der Waals surface area (Å²) in [6, 6.07) is 0. The van der Waals surface area contributed by atoms with Gasteiger partial charge in [0, 0.05) is 0 Å². The summed E-state index contributed by atoms with van der Waals surface area (Å²) in [6.07, 6.45) is 1.67. The van der Waals surface area contributed by atoms with Gasteiger partial charge in [0.05, 0.1) is 7.18 Å². The molecule has 0 spiro atoms. The van der Waals surface area contributed by atoms with Gasteiger partial charge in [0.25, 0.3) is 0 Å². The highest BCUT2D eigenvalue weighted by atomic mass is 19.2. The van der Waals surface area contributed by atoms with Crippen molar-refractivity contribution < 1.29 is 13.2 Å². The second-order valence-electron chi connectivity index (χ2n) is 2.08. The van der Waals surface area contributed by atoms with Crippen molar-refractivity contribution in [2.75, 3.05) is 7.18 Å². The highest BCUT2D eigenvalue weighted by Crippen LogP contribution is 2.18. The maximum atomic E-state index is 12.6. The first-order valence-electron chi connectivity index (χ1n) is 4.68. The lowest BCUT2D eigenvalue weighted by atomic mass is 10.2. The molecular weight excluding hydrogens is 189 g/mol. The van der Waals surface area contributed by atoms with Crippen molar-refractivity contribution in [3.63, 3.8) is 0 Å². The minimum absolute atomic E-state index is 0.454. The molecule has 0 aliphatic rings. The van der Waals surface area contributed by atoms with Crippen LogP contribution in [0.25, 0.3) is 0 Å². The summed E-state index contributed by atoms with van der Waals surface area (Å²) in [4.78, 5) is 0. The molecule has 0 aromatic heterocycles. The van der Waals surface area contributed by atoms with E-state index in [-0.39, 0.29) is 0 Å². The van der Waals surface area contributed by atoms with E-state index in [0.717, 1.165) is 6.08 Å². The van der Waals surface area contributed by atoms with Crippen molar-refractivity contribution in [3.8, 4) is 0 Å². The Morgan fingerprint density at radius 3 is 1.71 bits per heavy atom. The van der Waals surface area contributed by atoms with Gasteiger partial charge in [-0.2, -0.15) is 0 Å². The molecule has 0 heterocycles. The Labute approximate surface area is 85.5 Å². The van der Waals surface area contributed by atoms with Crippen LogP contribution in [0.2, 0.25) is 0 Å². The monoisotopic (exact) mass is 210 g/mol. The molecule has 0 rings (SSSR count). The van der Waals surface area contributed by atoms with Gasteiger partial charge in [0.1, 0.15) is 0 Å². The summed E-state index contributed by atoms with van der Waals surface area (Å²) in [5, 5.41) is 0. The predicted octanol–water partition coefficient (Wildman–Crippen LogP) is 5.13. The fourth-order valence-corrected chi connectivity index (χ4v) is 0.486. The van der Waals surface area contributed by atoms with Crippen LogP contribution in [-0.4, -0.2) is 7.18 Å². The molecule has 0 N–H and O–H groups in total. The van der Waals surface area contributed by atoms with Gasteiger partial charge in [-0.15, -0.1) is 0 Å². The Morgan fingerprint density at radius 2 is 1.50 bits per heavy atom. The third-order valence-electron chi connectivity index (χ3n) is 1.37. The van der Waals surface area contributed by atoms with E-state index >= 15 is 0 Å². The van der Waals surface area contributed by atoms with E-state index in [0.29, 0.717) is 19.2 Å². The van der Waals surface area contributed by atoms with Crippen molar-refractivity contribution >= 4 is 0 Å². The number of hydrogen-bond donors (Lipinski definition) is 0. The van der Waals surface area contributed by atoms with Gasteiger partial charge in [0.15, 0.2) is 11.7 Å². The summed E-state index contributed by atoms with van der Waals surface area (Å²) in [5.41, 5.74) is 0.454. The van der Waals surface area contributed by atoms with Crippen molar-refractivity contribution in [1.82, 2.24) is 0 Å². The van der Waals surface area contributed by atoms with Gasteiger partial charge in [-0.05, 0) is 31.9 Å². The predicted molar refractivity (Wildman–Crippen MR) is 57.3 cm³/mol. The SMILES string of the molecule is C/C=C(F)\C(F)=C(/C)CC.CC.CF. The molecule has 0 aliphatic heterocycles. The summed E-state index contributed by atoms with van der Waals surface area (Å²) < 4.78 is 34.5. The van der Waals surface area contributed by atoms with Crippen LogP contribution in [0.1, 0.15) is 41.0 Å². The first-order valence-corrected chi connectivity index (χ1v) is 4.68. The van der Waals surface area contributed by atoms with Crippen LogP contribution in [0.4, 0.5) is 13.2 Å². The minimum Gasteiger partial charge on any atom is -0.255 e. The Morgan fingerprint density at radius 1 is 1.14 bits per heavy atom. The van der Waals surface area contributed by atoms with Gasteiger partial charge in [-0.25, -0.2) is 8.78 Å². The molecule has 0 aromatic carbocycles. The fraction of sp³-hybridized carbons (Fsp3) is 0.636. The number of allylic oxidation sites excluding steroid dienone is 4. The molecule has 3 heteroatoms. The molecule has 14 heavy (non-hydrogen) atoms. The highest BCUT2D eigenvalue weighted by Gasteiger charge is 2.03. The second-order valence-corrected chi connectivity index (χ2v) is 2.08. The van der Waals surface area contributed by atoms with Gasteiger partial charge < -0.3 is 0 Å². The first kappa shape index (κ1) is 18.9. The van der Waals surface area contributed by atoms with E-state index < -0.39 is 11.7 Å². The van der Waals surface area contributed by atoms with Gasteiger partial charge in [-0.1, -0.05) is 20.8 Å². The molecule has 0 bridgehead atoms. The van der Waals surface area contributed by atoms with E-state index in [1.165, 1.54) is 6.92 Å². The zero-order valence-corrected chi connectivity index (χ0v) is 9.92. The molecule has 0 saturated carbocycles. The Hall–Kier alpha value is -0.730. The Bertz CT molecular complexity index is 169. The normalized spacial score (nSPS) is 11.6. The molecule has 0 atom stereocenters. The van der Waals surface area contributed by atoms with Crippen LogP contribution >= 0.6 is 0 Å². The third-order valence-corrected chi connectivity index (χ3v) is 1.37. The number of rotatable bonds is 2. The quantitative estimate of drug-likeness (QED) is 0.554. The van der Waals surface area contributed by atoms with Crippen molar-refractivity contribution in [2.45, 2.75) is 41.0 Å². The van der Waals surface area contributed by atoms with Crippen LogP contribution in [0, 0.1) is 0 Å². The third kappa shape index (κ3) is 9.36. The lowest BCUT2D eigenvalue weighted by Gasteiger charge is -1.96. The van der Waals surface area contributed by atoms with E-state index in [2.05, 4.69) is 0 Å². The summed E-state index contributed by atoms with van der Waals surface area (Å²) in [5.74, 6) is -1.48. The van der Waals surface area contributed by atoms with E-state index in [4.69, 9.17) is 0 Å². The fourth-order valence-electron chi connectivity index (χ4n) is 0.486. The molecule has 86 valence electrons. The molecule has 0 fully saturated rings. The first-order chi connectivity index (χ1) is 6.63. The molecule has 0 unspecified atom stereocenters.